The van der Waals surface area contributed by atoms with Crippen molar-refractivity contribution in [2.45, 2.75) is 38.3 Å². The summed E-state index contributed by atoms with van der Waals surface area (Å²) in [6.45, 7) is 5.09. The number of aliphatic hydroxyl groups excluding tert-OH is 1. The highest BCUT2D eigenvalue weighted by Crippen LogP contribution is 2.28. The molecule has 48 heavy (non-hydrogen) atoms. The molecule has 0 aliphatic heterocycles. The van der Waals surface area contributed by atoms with E-state index in [1.54, 1.807) is 6.92 Å². The van der Waals surface area contributed by atoms with Gasteiger partial charge in [-0.25, -0.2) is 8.42 Å². The SMILES string of the molecule is Cc1ccc(CCNC(=O)c2cc(C(=O)N[C@@](C)(c3ccccc3)[C@H](O)CN(C)CCc3ccccc3)cc(N(C)S(C)(=O)=O)c2)cc1. The van der Waals surface area contributed by atoms with Gasteiger partial charge in [-0.1, -0.05) is 90.5 Å². The van der Waals surface area contributed by atoms with Crippen molar-refractivity contribution in [2.24, 2.45) is 0 Å². The van der Waals surface area contributed by atoms with Crippen LogP contribution >= 0.6 is 0 Å². The first kappa shape index (κ1) is 36.3. The van der Waals surface area contributed by atoms with Crippen molar-refractivity contribution < 1.29 is 23.1 Å². The lowest BCUT2D eigenvalue weighted by molar-refractivity contribution is 0.0365. The van der Waals surface area contributed by atoms with E-state index in [1.807, 2.05) is 91.7 Å². The molecule has 0 saturated heterocycles. The fraction of sp³-hybridized carbons (Fsp3) is 0.316. The molecule has 0 unspecified atom stereocenters. The van der Waals surface area contributed by atoms with Crippen LogP contribution in [0.25, 0.3) is 0 Å². The van der Waals surface area contributed by atoms with Gasteiger partial charge in [0.2, 0.25) is 10.0 Å². The number of nitrogens with zero attached hydrogens (tertiary/aromatic N) is 2. The van der Waals surface area contributed by atoms with Gasteiger partial charge in [-0.3, -0.25) is 13.9 Å². The first-order chi connectivity index (χ1) is 22.8. The molecule has 0 aliphatic carbocycles. The van der Waals surface area contributed by atoms with Crippen molar-refractivity contribution in [3.8, 4) is 0 Å². The second-order valence-corrected chi connectivity index (χ2v) is 14.5. The zero-order chi connectivity index (χ0) is 34.9. The third kappa shape index (κ3) is 9.76. The fourth-order valence-electron chi connectivity index (χ4n) is 5.40. The standard InChI is InChI=1S/C38H46N4O5S/c1-28-16-18-30(19-17-28)20-22-39-36(44)31-24-32(26-34(25-31)42(4)48(5,46)47)37(45)40-38(2,33-14-10-7-11-15-33)35(43)27-41(3)23-21-29-12-8-6-9-13-29/h6-19,24-26,35,43H,20-23,27H2,1-5H3,(H,39,44)(H,40,45)/t35-,38+/m1/s1. The third-order valence-corrected chi connectivity index (χ3v) is 9.85. The summed E-state index contributed by atoms with van der Waals surface area (Å²) < 4.78 is 26.0. The Morgan fingerprint density at radius 3 is 1.98 bits per heavy atom. The van der Waals surface area contributed by atoms with E-state index in [-0.39, 0.29) is 23.4 Å². The van der Waals surface area contributed by atoms with Crippen LogP contribution < -0.4 is 14.9 Å². The Hall–Kier alpha value is -4.51. The maximum Gasteiger partial charge on any atom is 0.252 e. The number of carbonyl (C=O) groups is 2. The lowest BCUT2D eigenvalue weighted by atomic mass is 9.85. The van der Waals surface area contributed by atoms with Crippen LogP contribution in [0.15, 0.2) is 103 Å². The van der Waals surface area contributed by atoms with Crippen molar-refractivity contribution in [1.29, 1.82) is 0 Å². The molecule has 4 aromatic rings. The summed E-state index contributed by atoms with van der Waals surface area (Å²) in [5.41, 5.74) is 3.25. The summed E-state index contributed by atoms with van der Waals surface area (Å²) in [6, 6.07) is 31.7. The monoisotopic (exact) mass is 670 g/mol. The van der Waals surface area contributed by atoms with Crippen molar-refractivity contribution in [2.75, 3.05) is 44.3 Å². The third-order valence-electron chi connectivity index (χ3n) is 8.65. The minimum Gasteiger partial charge on any atom is -0.389 e. The van der Waals surface area contributed by atoms with Gasteiger partial charge >= 0.3 is 0 Å². The van der Waals surface area contributed by atoms with Crippen LogP contribution in [0.2, 0.25) is 0 Å². The molecule has 2 amide bonds. The number of nitrogens with one attached hydrogen (secondary N) is 2. The van der Waals surface area contributed by atoms with Crippen LogP contribution in [0.1, 0.15) is 49.9 Å². The summed E-state index contributed by atoms with van der Waals surface area (Å²) >= 11 is 0. The number of aliphatic hydroxyl groups is 1. The van der Waals surface area contributed by atoms with Crippen LogP contribution in [0.3, 0.4) is 0 Å². The fourth-order valence-corrected chi connectivity index (χ4v) is 5.89. The molecule has 0 aliphatic rings. The predicted octanol–water partition coefficient (Wildman–Crippen LogP) is 4.54. The number of amides is 2. The Morgan fingerprint density at radius 1 is 0.812 bits per heavy atom. The average Bonchev–Trinajstić information content (AvgIpc) is 3.08. The van der Waals surface area contributed by atoms with E-state index in [0.717, 1.165) is 28.1 Å². The maximum absolute atomic E-state index is 14.0. The molecular formula is C38H46N4O5S. The Balaban J connectivity index is 1.58. The summed E-state index contributed by atoms with van der Waals surface area (Å²) in [4.78, 5) is 29.4. The van der Waals surface area contributed by atoms with E-state index in [9.17, 15) is 23.1 Å². The lowest BCUT2D eigenvalue weighted by Gasteiger charge is -2.38. The Kier molecular flexibility index (Phi) is 12.2. The zero-order valence-corrected chi connectivity index (χ0v) is 29.1. The first-order valence-electron chi connectivity index (χ1n) is 16.0. The van der Waals surface area contributed by atoms with Gasteiger partial charge in [-0.05, 0) is 68.6 Å². The largest absolute Gasteiger partial charge is 0.389 e. The number of rotatable bonds is 15. The van der Waals surface area contributed by atoms with Gasteiger partial charge in [0.05, 0.1) is 23.6 Å². The van der Waals surface area contributed by atoms with Gasteiger partial charge in [0.15, 0.2) is 0 Å². The van der Waals surface area contributed by atoms with Crippen molar-refractivity contribution in [3.05, 3.63) is 137 Å². The molecular weight excluding hydrogens is 625 g/mol. The van der Waals surface area contributed by atoms with E-state index in [2.05, 4.69) is 22.8 Å². The highest BCUT2D eigenvalue weighted by molar-refractivity contribution is 7.92. The van der Waals surface area contributed by atoms with E-state index in [1.165, 1.54) is 30.8 Å². The molecule has 0 bridgehead atoms. The van der Waals surface area contributed by atoms with Crippen LogP contribution in [-0.2, 0) is 28.4 Å². The number of anilines is 1. The van der Waals surface area contributed by atoms with E-state index in [4.69, 9.17) is 0 Å². The summed E-state index contributed by atoms with van der Waals surface area (Å²) in [7, 11) is -0.410. The molecule has 0 aromatic heterocycles. The van der Waals surface area contributed by atoms with Crippen molar-refractivity contribution in [1.82, 2.24) is 15.5 Å². The zero-order valence-electron chi connectivity index (χ0n) is 28.3. The van der Waals surface area contributed by atoms with Gasteiger partial charge in [0.25, 0.3) is 11.8 Å². The van der Waals surface area contributed by atoms with E-state index in [0.29, 0.717) is 25.1 Å². The molecule has 254 valence electrons. The van der Waals surface area contributed by atoms with Gasteiger partial charge < -0.3 is 20.6 Å². The number of hydrogen-bond donors (Lipinski definition) is 3. The molecule has 0 radical (unpaired) electrons. The van der Waals surface area contributed by atoms with Crippen LogP contribution in [-0.4, -0.2) is 76.3 Å². The summed E-state index contributed by atoms with van der Waals surface area (Å²) in [5, 5.41) is 17.6. The number of sulfonamides is 1. The lowest BCUT2D eigenvalue weighted by Crippen LogP contribution is -2.55. The topological polar surface area (TPSA) is 119 Å². The van der Waals surface area contributed by atoms with Gasteiger partial charge in [-0.2, -0.15) is 0 Å². The number of carbonyl (C=O) groups excluding carboxylic acids is 2. The van der Waals surface area contributed by atoms with Crippen molar-refractivity contribution >= 4 is 27.5 Å². The highest BCUT2D eigenvalue weighted by Gasteiger charge is 2.37. The predicted molar refractivity (Wildman–Crippen MR) is 192 cm³/mol. The highest BCUT2D eigenvalue weighted by atomic mass is 32.2. The number of likely N-dealkylation sites (N-methyl/N-ethyl adjacent to an activating group) is 1. The normalized spacial score (nSPS) is 13.4. The maximum atomic E-state index is 14.0. The first-order valence-corrected chi connectivity index (χ1v) is 17.8. The summed E-state index contributed by atoms with van der Waals surface area (Å²) in [6.07, 6.45) is 1.44. The molecule has 10 heteroatoms. The molecule has 2 atom stereocenters. The summed E-state index contributed by atoms with van der Waals surface area (Å²) in [5.74, 6) is -1.00. The minimum absolute atomic E-state index is 0.0819. The van der Waals surface area contributed by atoms with E-state index < -0.39 is 33.5 Å². The van der Waals surface area contributed by atoms with Crippen molar-refractivity contribution in [3.63, 3.8) is 0 Å². The molecule has 0 spiro atoms. The minimum atomic E-state index is -3.70. The quantitative estimate of drug-likeness (QED) is 0.171. The average molecular weight is 671 g/mol. The molecule has 3 N–H and O–H groups in total. The van der Waals surface area contributed by atoms with E-state index >= 15 is 0 Å². The molecule has 4 rings (SSSR count). The van der Waals surface area contributed by atoms with Gasteiger partial charge in [0.1, 0.15) is 0 Å². The second-order valence-electron chi connectivity index (χ2n) is 12.5. The molecule has 9 nitrogen and oxygen atoms in total. The Morgan fingerprint density at radius 2 is 1.38 bits per heavy atom. The smallest absolute Gasteiger partial charge is 0.252 e. The second kappa shape index (κ2) is 16.1. The molecule has 0 fully saturated rings. The molecule has 0 saturated carbocycles. The van der Waals surface area contributed by atoms with Gasteiger partial charge in [0, 0.05) is 37.8 Å². The van der Waals surface area contributed by atoms with Crippen LogP contribution in [0.5, 0.6) is 0 Å². The molecule has 0 heterocycles. The number of benzene rings is 4. The van der Waals surface area contributed by atoms with Crippen LogP contribution in [0, 0.1) is 6.92 Å². The number of hydrogen-bond acceptors (Lipinski definition) is 6. The molecule has 4 aromatic carbocycles. The van der Waals surface area contributed by atoms with Crippen LogP contribution in [0.4, 0.5) is 5.69 Å². The Labute approximate surface area is 284 Å². The Bertz CT molecular complexity index is 1780. The number of aryl methyl sites for hydroxylation is 1. The van der Waals surface area contributed by atoms with Gasteiger partial charge in [-0.15, -0.1) is 0 Å².